The molecule has 6 aliphatic rings. The second kappa shape index (κ2) is 14.9. The first-order valence-electron chi connectivity index (χ1n) is 20.3. The molecule has 0 aromatic carbocycles. The van der Waals surface area contributed by atoms with Crippen LogP contribution in [0.4, 0.5) is 0 Å². The Bertz CT molecular complexity index is 1320. The summed E-state index contributed by atoms with van der Waals surface area (Å²) in [5, 5.41) is 86.7. The van der Waals surface area contributed by atoms with Crippen molar-refractivity contribution in [2.45, 2.75) is 186 Å². The van der Waals surface area contributed by atoms with Gasteiger partial charge >= 0.3 is 0 Å². The minimum atomic E-state index is -1.58. The highest BCUT2D eigenvalue weighted by molar-refractivity contribution is 5.20. The number of aliphatic hydroxyl groups is 8. The molecule has 0 spiro atoms. The number of allylic oxidation sites excluding steroid dienone is 2. The summed E-state index contributed by atoms with van der Waals surface area (Å²) < 4.78 is 23.6. The molecule has 306 valence electrons. The first-order chi connectivity index (χ1) is 24.6. The topological polar surface area (TPSA) is 199 Å². The van der Waals surface area contributed by atoms with Gasteiger partial charge in [-0.1, -0.05) is 46.3 Å². The van der Waals surface area contributed by atoms with E-state index in [1.54, 1.807) is 0 Å². The fourth-order valence-electron chi connectivity index (χ4n) is 13.0. The number of hydrogen-bond acceptors (Lipinski definition) is 12. The Labute approximate surface area is 315 Å². The van der Waals surface area contributed by atoms with Crippen molar-refractivity contribution in [2.24, 2.45) is 45.3 Å². The zero-order valence-corrected chi connectivity index (χ0v) is 33.2. The van der Waals surface area contributed by atoms with Crippen LogP contribution in [0.5, 0.6) is 0 Å². The molecular formula is C41H70O12. The molecule has 4 aliphatic carbocycles. The lowest BCUT2D eigenvalue weighted by Crippen LogP contribution is -2.67. The Balaban J connectivity index is 1.16. The van der Waals surface area contributed by atoms with Gasteiger partial charge in [0.05, 0.1) is 31.0 Å². The Morgan fingerprint density at radius 2 is 1.43 bits per heavy atom. The summed E-state index contributed by atoms with van der Waals surface area (Å²) >= 11 is 0. The van der Waals surface area contributed by atoms with Crippen LogP contribution in [0.25, 0.3) is 0 Å². The molecule has 19 atom stereocenters. The van der Waals surface area contributed by atoms with Crippen molar-refractivity contribution in [3.8, 4) is 0 Å². The van der Waals surface area contributed by atoms with Crippen LogP contribution in [0.3, 0.4) is 0 Å². The Kier molecular flexibility index (Phi) is 11.8. The second-order valence-electron chi connectivity index (χ2n) is 19.7. The molecule has 6 fully saturated rings. The molecule has 0 amide bonds. The van der Waals surface area contributed by atoms with Crippen LogP contribution in [0.1, 0.15) is 113 Å². The van der Waals surface area contributed by atoms with Gasteiger partial charge in [0.1, 0.15) is 42.7 Å². The standard InChI is InChI=1S/C41H70O12/c1-21(2)10-9-14-41(8,49)22-11-16-40(7)29(22)23(42)18-27-38(5)15-13-28(37(3,4)26(38)12-17-39(27,40)6)53-36-34(48)32(46)31(45)25(52-36)20-51-35-33(47)30(44)24(43)19-50-35/h10,22-36,42-49H,9,11-20H2,1-8H3. The van der Waals surface area contributed by atoms with Gasteiger partial charge in [0.25, 0.3) is 0 Å². The fraction of sp³-hybridized carbons (Fsp3) is 0.951. The second-order valence-corrected chi connectivity index (χ2v) is 19.7. The van der Waals surface area contributed by atoms with E-state index in [4.69, 9.17) is 18.9 Å². The number of ether oxygens (including phenoxy) is 4. The molecule has 12 heteroatoms. The quantitative estimate of drug-likeness (QED) is 0.127. The van der Waals surface area contributed by atoms with Crippen molar-refractivity contribution in [3.63, 3.8) is 0 Å². The fourth-order valence-corrected chi connectivity index (χ4v) is 13.0. The molecule has 2 aliphatic heterocycles. The summed E-state index contributed by atoms with van der Waals surface area (Å²) in [5.41, 5.74) is -0.187. The average molecular weight is 755 g/mol. The van der Waals surface area contributed by atoms with Crippen LogP contribution < -0.4 is 0 Å². The molecule has 0 aromatic rings. The molecule has 6 rings (SSSR count). The van der Waals surface area contributed by atoms with Crippen molar-refractivity contribution in [1.29, 1.82) is 0 Å². The van der Waals surface area contributed by atoms with Crippen molar-refractivity contribution < 1.29 is 59.8 Å². The zero-order chi connectivity index (χ0) is 39.1. The molecule has 8 N–H and O–H groups in total. The van der Waals surface area contributed by atoms with Gasteiger partial charge in [-0.05, 0) is 124 Å². The SMILES string of the molecule is CC(C)=CCCC(C)(O)C1CCC2(C)C1C(O)CC1C3(C)CCC(OC4OC(COC5OCC(O)C(O)C5O)C(O)C(O)C4O)C(C)(C)C3CCC12C. The van der Waals surface area contributed by atoms with Crippen LogP contribution >= 0.6 is 0 Å². The largest absolute Gasteiger partial charge is 0.393 e. The number of fused-ring (bicyclic) bond motifs is 5. The van der Waals surface area contributed by atoms with Gasteiger partial charge in [0, 0.05) is 0 Å². The summed E-state index contributed by atoms with van der Waals surface area (Å²) in [6.07, 6.45) is -3.55. The summed E-state index contributed by atoms with van der Waals surface area (Å²) in [6, 6.07) is 0. The predicted molar refractivity (Wildman–Crippen MR) is 195 cm³/mol. The molecule has 53 heavy (non-hydrogen) atoms. The number of hydrogen-bond donors (Lipinski definition) is 8. The number of aliphatic hydroxyl groups excluding tert-OH is 7. The third kappa shape index (κ3) is 7.00. The first-order valence-corrected chi connectivity index (χ1v) is 20.3. The van der Waals surface area contributed by atoms with Crippen LogP contribution in [0, 0.1) is 45.3 Å². The van der Waals surface area contributed by atoms with Crippen molar-refractivity contribution in [1.82, 2.24) is 0 Å². The molecular weight excluding hydrogens is 684 g/mol. The molecule has 19 unspecified atom stereocenters. The van der Waals surface area contributed by atoms with Crippen LogP contribution in [0.15, 0.2) is 11.6 Å². The van der Waals surface area contributed by atoms with E-state index in [1.807, 2.05) is 6.92 Å². The van der Waals surface area contributed by atoms with E-state index in [-0.39, 0.29) is 64.6 Å². The summed E-state index contributed by atoms with van der Waals surface area (Å²) in [4.78, 5) is 0. The number of rotatable bonds is 9. The minimum absolute atomic E-state index is 0.0173. The van der Waals surface area contributed by atoms with E-state index in [1.165, 1.54) is 5.57 Å². The summed E-state index contributed by atoms with van der Waals surface area (Å²) in [7, 11) is 0. The van der Waals surface area contributed by atoms with Gasteiger partial charge < -0.3 is 59.8 Å². The monoisotopic (exact) mass is 754 g/mol. The minimum Gasteiger partial charge on any atom is -0.393 e. The van der Waals surface area contributed by atoms with E-state index >= 15 is 0 Å². The Morgan fingerprint density at radius 1 is 0.774 bits per heavy atom. The van der Waals surface area contributed by atoms with Gasteiger partial charge in [0.15, 0.2) is 12.6 Å². The maximum atomic E-state index is 12.1. The highest BCUT2D eigenvalue weighted by Crippen LogP contribution is 2.76. The third-order valence-electron chi connectivity index (χ3n) is 16.2. The van der Waals surface area contributed by atoms with E-state index in [9.17, 15) is 40.9 Å². The lowest BCUT2D eigenvalue weighted by molar-refractivity contribution is -0.341. The molecule has 0 radical (unpaired) electrons. The maximum Gasteiger partial charge on any atom is 0.186 e. The molecule has 0 aromatic heterocycles. The van der Waals surface area contributed by atoms with Crippen LogP contribution in [-0.4, -0.2) is 127 Å². The zero-order valence-electron chi connectivity index (χ0n) is 33.2. The third-order valence-corrected chi connectivity index (χ3v) is 16.2. The van der Waals surface area contributed by atoms with Crippen molar-refractivity contribution in [3.05, 3.63) is 11.6 Å². The summed E-state index contributed by atoms with van der Waals surface area (Å²) in [6.45, 7) is 17.3. The highest BCUT2D eigenvalue weighted by atomic mass is 16.7. The van der Waals surface area contributed by atoms with Gasteiger partial charge in [-0.3, -0.25) is 0 Å². The highest BCUT2D eigenvalue weighted by Gasteiger charge is 2.71. The van der Waals surface area contributed by atoms with Crippen molar-refractivity contribution >= 4 is 0 Å². The first kappa shape index (κ1) is 41.9. The molecule has 12 nitrogen and oxygen atoms in total. The van der Waals surface area contributed by atoms with Gasteiger partial charge in [-0.2, -0.15) is 0 Å². The lowest BCUT2D eigenvalue weighted by atomic mass is 9.35. The van der Waals surface area contributed by atoms with E-state index in [0.29, 0.717) is 19.3 Å². The van der Waals surface area contributed by atoms with Gasteiger partial charge in [-0.25, -0.2) is 0 Å². The van der Waals surface area contributed by atoms with E-state index in [0.717, 1.165) is 38.5 Å². The Hall–Kier alpha value is -0.740. The lowest BCUT2D eigenvalue weighted by Gasteiger charge is -2.70. The predicted octanol–water partition coefficient (Wildman–Crippen LogP) is 2.79. The van der Waals surface area contributed by atoms with E-state index in [2.05, 4.69) is 54.5 Å². The normalized spacial score (nSPS) is 52.1. The molecule has 4 saturated carbocycles. The average Bonchev–Trinajstić information content (AvgIpc) is 3.47. The Morgan fingerprint density at radius 3 is 2.11 bits per heavy atom. The van der Waals surface area contributed by atoms with Crippen LogP contribution in [-0.2, 0) is 18.9 Å². The smallest absolute Gasteiger partial charge is 0.186 e. The maximum absolute atomic E-state index is 12.1. The molecule has 2 saturated heterocycles. The summed E-state index contributed by atoms with van der Waals surface area (Å²) in [5.74, 6) is 0.588. The van der Waals surface area contributed by atoms with Gasteiger partial charge in [-0.15, -0.1) is 0 Å². The van der Waals surface area contributed by atoms with E-state index < -0.39 is 67.0 Å². The molecule has 0 bridgehead atoms. The van der Waals surface area contributed by atoms with Crippen molar-refractivity contribution in [2.75, 3.05) is 13.2 Å². The van der Waals surface area contributed by atoms with Crippen LogP contribution in [0.2, 0.25) is 0 Å². The van der Waals surface area contributed by atoms with Gasteiger partial charge in [0.2, 0.25) is 0 Å². The molecule has 2 heterocycles.